The first-order valence-corrected chi connectivity index (χ1v) is 7.59. The number of carbonyl (C=O) groups excluding carboxylic acids is 1. The summed E-state index contributed by atoms with van der Waals surface area (Å²) in [6.45, 7) is 2.02. The highest BCUT2D eigenvalue weighted by Crippen LogP contribution is 2.17. The summed E-state index contributed by atoms with van der Waals surface area (Å²) in [5, 5.41) is 13.7. The zero-order valence-electron chi connectivity index (χ0n) is 11.8. The van der Waals surface area contributed by atoms with Crippen LogP contribution < -0.4 is 5.32 Å². The Labute approximate surface area is 128 Å². The molecule has 2 rings (SSSR count). The smallest absolute Gasteiger partial charge is 0.229 e. The summed E-state index contributed by atoms with van der Waals surface area (Å²) >= 11 is 1.57. The van der Waals surface area contributed by atoms with Crippen LogP contribution in [0.25, 0.3) is 0 Å². The van der Waals surface area contributed by atoms with Gasteiger partial charge in [-0.05, 0) is 36.1 Å². The number of aliphatic hydroxyl groups excluding tert-OH is 1. The summed E-state index contributed by atoms with van der Waals surface area (Å²) in [6, 6.07) is 9.63. The van der Waals surface area contributed by atoms with E-state index in [1.807, 2.05) is 42.6 Å². The van der Waals surface area contributed by atoms with Gasteiger partial charge in [0.1, 0.15) is 0 Å². The Bertz CT molecular complexity index is 666. The largest absolute Gasteiger partial charge is 0.395 e. The van der Waals surface area contributed by atoms with E-state index in [0.29, 0.717) is 18.5 Å². The first kappa shape index (κ1) is 15.3. The molecule has 1 amide bonds. The van der Waals surface area contributed by atoms with Crippen molar-refractivity contribution in [1.29, 1.82) is 0 Å². The van der Waals surface area contributed by atoms with Crippen LogP contribution in [0.3, 0.4) is 0 Å². The van der Waals surface area contributed by atoms with Crippen LogP contribution in [0, 0.1) is 18.8 Å². The van der Waals surface area contributed by atoms with Gasteiger partial charge in [-0.3, -0.25) is 4.79 Å². The van der Waals surface area contributed by atoms with E-state index in [9.17, 15) is 4.79 Å². The number of amides is 1. The van der Waals surface area contributed by atoms with Gasteiger partial charge < -0.3 is 10.4 Å². The van der Waals surface area contributed by atoms with Gasteiger partial charge in [-0.2, -0.15) is 0 Å². The molecule has 0 aliphatic rings. The fourth-order valence-electron chi connectivity index (χ4n) is 1.85. The van der Waals surface area contributed by atoms with Crippen LogP contribution in [0.2, 0.25) is 0 Å². The van der Waals surface area contributed by atoms with E-state index in [0.717, 1.165) is 16.0 Å². The maximum absolute atomic E-state index is 12.1. The van der Waals surface area contributed by atoms with Gasteiger partial charge in [-0.25, -0.2) is 0 Å². The summed E-state index contributed by atoms with van der Waals surface area (Å²) < 4.78 is 0. The third-order valence-electron chi connectivity index (χ3n) is 2.82. The van der Waals surface area contributed by atoms with Gasteiger partial charge in [0.15, 0.2) is 0 Å². The number of carbonyl (C=O) groups is 1. The molecule has 0 saturated carbocycles. The topological polar surface area (TPSA) is 49.3 Å². The van der Waals surface area contributed by atoms with Crippen molar-refractivity contribution in [2.45, 2.75) is 19.8 Å². The van der Waals surface area contributed by atoms with Crippen molar-refractivity contribution < 1.29 is 9.90 Å². The highest BCUT2D eigenvalue weighted by atomic mass is 32.1. The maximum atomic E-state index is 12.1. The van der Waals surface area contributed by atoms with Gasteiger partial charge in [0, 0.05) is 16.9 Å². The van der Waals surface area contributed by atoms with E-state index in [1.54, 1.807) is 11.3 Å². The number of benzene rings is 1. The van der Waals surface area contributed by atoms with Crippen molar-refractivity contribution in [3.63, 3.8) is 0 Å². The second-order valence-corrected chi connectivity index (χ2v) is 5.66. The highest BCUT2D eigenvalue weighted by Gasteiger charge is 2.07. The fraction of sp³-hybridized carbons (Fsp3) is 0.235. The molecule has 1 aromatic heterocycles. The first-order chi connectivity index (χ1) is 10.2. The molecule has 0 fully saturated rings. The molecule has 0 aliphatic carbocycles. The Morgan fingerprint density at radius 3 is 2.95 bits per heavy atom. The average molecular weight is 299 g/mol. The SMILES string of the molecule is Cc1ccc(NC(=O)Cc2cccs2)c(C#CCCO)c1. The lowest BCUT2D eigenvalue weighted by Gasteiger charge is -2.08. The van der Waals surface area contributed by atoms with E-state index in [4.69, 9.17) is 5.11 Å². The second kappa shape index (κ2) is 7.63. The molecule has 0 aliphatic heterocycles. The predicted molar refractivity (Wildman–Crippen MR) is 86.4 cm³/mol. The standard InChI is InChI=1S/C17H17NO2S/c1-13-7-8-16(14(11-13)5-2-3-9-19)18-17(20)12-15-6-4-10-21-15/h4,6-8,10-11,19H,3,9,12H2,1H3,(H,18,20). The maximum Gasteiger partial charge on any atom is 0.229 e. The lowest BCUT2D eigenvalue weighted by molar-refractivity contribution is -0.115. The number of aryl methyl sites for hydroxylation is 1. The normalized spacial score (nSPS) is 9.81. The van der Waals surface area contributed by atoms with Crippen LogP contribution in [0.4, 0.5) is 5.69 Å². The number of nitrogens with one attached hydrogen (secondary N) is 1. The minimum atomic E-state index is -0.0495. The van der Waals surface area contributed by atoms with Crippen molar-refractivity contribution in [3.05, 3.63) is 51.7 Å². The number of rotatable bonds is 4. The second-order valence-electron chi connectivity index (χ2n) is 4.63. The zero-order valence-corrected chi connectivity index (χ0v) is 12.7. The van der Waals surface area contributed by atoms with E-state index in [2.05, 4.69) is 17.2 Å². The van der Waals surface area contributed by atoms with Crippen molar-refractivity contribution in [1.82, 2.24) is 0 Å². The summed E-state index contributed by atoms with van der Waals surface area (Å²) in [7, 11) is 0. The van der Waals surface area contributed by atoms with Crippen LogP contribution >= 0.6 is 11.3 Å². The third kappa shape index (κ3) is 4.75. The Kier molecular flexibility index (Phi) is 5.56. The summed E-state index contributed by atoms with van der Waals surface area (Å²) in [4.78, 5) is 13.1. The first-order valence-electron chi connectivity index (χ1n) is 6.71. The molecule has 0 radical (unpaired) electrons. The molecule has 21 heavy (non-hydrogen) atoms. The molecule has 0 saturated heterocycles. The van der Waals surface area contributed by atoms with Gasteiger partial charge in [-0.1, -0.05) is 24.0 Å². The van der Waals surface area contributed by atoms with Gasteiger partial charge in [0.2, 0.25) is 5.91 Å². The number of hydrogen-bond acceptors (Lipinski definition) is 3. The molecule has 4 heteroatoms. The molecule has 108 valence electrons. The molecule has 1 aromatic carbocycles. The minimum absolute atomic E-state index is 0.0406. The molecule has 0 atom stereocenters. The Hall–Kier alpha value is -2.09. The molecule has 1 heterocycles. The van der Waals surface area contributed by atoms with Gasteiger partial charge in [-0.15, -0.1) is 11.3 Å². The third-order valence-corrected chi connectivity index (χ3v) is 3.70. The van der Waals surface area contributed by atoms with Crippen LogP contribution in [-0.2, 0) is 11.2 Å². The quantitative estimate of drug-likeness (QED) is 0.853. The molecule has 2 aromatic rings. The summed E-state index contributed by atoms with van der Waals surface area (Å²) in [5.74, 6) is 5.84. The number of aliphatic hydroxyl groups is 1. The molecule has 0 spiro atoms. The van der Waals surface area contributed by atoms with E-state index >= 15 is 0 Å². The molecular weight excluding hydrogens is 282 g/mol. The Morgan fingerprint density at radius 1 is 1.38 bits per heavy atom. The van der Waals surface area contributed by atoms with Crippen molar-refractivity contribution in [3.8, 4) is 11.8 Å². The highest BCUT2D eigenvalue weighted by molar-refractivity contribution is 7.10. The fourth-order valence-corrected chi connectivity index (χ4v) is 2.55. The molecule has 3 nitrogen and oxygen atoms in total. The van der Waals surface area contributed by atoms with Crippen molar-refractivity contribution >= 4 is 22.9 Å². The van der Waals surface area contributed by atoms with Gasteiger partial charge >= 0.3 is 0 Å². The molecule has 0 bridgehead atoms. The van der Waals surface area contributed by atoms with E-state index in [-0.39, 0.29) is 12.5 Å². The lowest BCUT2D eigenvalue weighted by atomic mass is 10.1. The summed E-state index contributed by atoms with van der Waals surface area (Å²) in [5.41, 5.74) is 2.58. The average Bonchev–Trinajstić information content (AvgIpc) is 2.95. The van der Waals surface area contributed by atoms with E-state index in [1.165, 1.54) is 0 Å². The van der Waals surface area contributed by atoms with Gasteiger partial charge in [0.25, 0.3) is 0 Å². The molecular formula is C17H17NO2S. The monoisotopic (exact) mass is 299 g/mol. The Morgan fingerprint density at radius 2 is 2.24 bits per heavy atom. The van der Waals surface area contributed by atoms with Crippen molar-refractivity contribution in [2.75, 3.05) is 11.9 Å². The van der Waals surface area contributed by atoms with Crippen LogP contribution in [0.1, 0.15) is 22.4 Å². The lowest BCUT2D eigenvalue weighted by Crippen LogP contribution is -2.14. The minimum Gasteiger partial charge on any atom is -0.395 e. The van der Waals surface area contributed by atoms with Crippen LogP contribution in [-0.4, -0.2) is 17.6 Å². The van der Waals surface area contributed by atoms with Crippen LogP contribution in [0.5, 0.6) is 0 Å². The van der Waals surface area contributed by atoms with Crippen LogP contribution in [0.15, 0.2) is 35.7 Å². The Balaban J connectivity index is 2.12. The zero-order chi connectivity index (χ0) is 15.1. The number of thiophene rings is 1. The predicted octanol–water partition coefficient (Wildman–Crippen LogP) is 2.97. The molecule has 2 N–H and O–H groups in total. The number of hydrogen-bond donors (Lipinski definition) is 2. The summed E-state index contributed by atoms with van der Waals surface area (Å²) in [6.07, 6.45) is 0.797. The van der Waals surface area contributed by atoms with Crippen molar-refractivity contribution in [2.24, 2.45) is 0 Å². The van der Waals surface area contributed by atoms with E-state index < -0.39 is 0 Å². The molecule has 0 unspecified atom stereocenters. The number of anilines is 1. The van der Waals surface area contributed by atoms with Gasteiger partial charge in [0.05, 0.1) is 18.7 Å².